The highest BCUT2D eigenvalue weighted by Gasteiger charge is 2.44. The Labute approximate surface area is 297 Å². The van der Waals surface area contributed by atoms with Crippen LogP contribution >= 0.6 is 11.7 Å². The first-order chi connectivity index (χ1) is 21.6. The van der Waals surface area contributed by atoms with Crippen LogP contribution in [0.3, 0.4) is 0 Å². The largest absolute Gasteiger partial charge is 1.00 e. The average molecular weight is 760 g/mol. The van der Waals surface area contributed by atoms with Gasteiger partial charge in [0, 0.05) is 24.3 Å². The zero-order valence-electron chi connectivity index (χ0n) is 29.2. The summed E-state index contributed by atoms with van der Waals surface area (Å²) in [5, 5.41) is 0. The third-order valence-corrected chi connectivity index (χ3v) is 10.5. The summed E-state index contributed by atoms with van der Waals surface area (Å²) in [7, 11) is 2.30. The molecule has 0 spiro atoms. The second kappa shape index (κ2) is 24.4. The smallest absolute Gasteiger partial charge is 0.310 e. The van der Waals surface area contributed by atoms with Crippen molar-refractivity contribution < 1.29 is 42.7 Å². The Morgan fingerprint density at radius 1 is 0.844 bits per heavy atom. The molecule has 2 aliphatic rings. The lowest BCUT2D eigenvalue weighted by molar-refractivity contribution is -0.951. The third-order valence-electron chi connectivity index (χ3n) is 9.97. The number of unbranched alkanes of at least 4 members (excludes halogenated alkanes) is 15. The van der Waals surface area contributed by atoms with Crippen LogP contribution in [0.2, 0.25) is 0 Å². The van der Waals surface area contributed by atoms with Crippen LogP contribution in [0.5, 0.6) is 5.88 Å². The first-order valence-electron chi connectivity index (χ1n) is 18.8. The van der Waals surface area contributed by atoms with Gasteiger partial charge in [-0.2, -0.15) is 4.37 Å². The van der Waals surface area contributed by atoms with Gasteiger partial charge in [0.25, 0.3) is 5.88 Å². The first-order valence-corrected chi connectivity index (χ1v) is 19.5. The van der Waals surface area contributed by atoms with Gasteiger partial charge in [0.05, 0.1) is 31.9 Å². The molecule has 1 aromatic heterocycles. The van der Waals surface area contributed by atoms with E-state index in [-0.39, 0.29) is 36.2 Å². The van der Waals surface area contributed by atoms with Crippen molar-refractivity contribution in [3.63, 3.8) is 0 Å². The molecule has 6 nitrogen and oxygen atoms in total. The van der Waals surface area contributed by atoms with Crippen LogP contribution in [0.15, 0.2) is 6.08 Å². The van der Waals surface area contributed by atoms with E-state index < -0.39 is 0 Å². The van der Waals surface area contributed by atoms with Crippen molar-refractivity contribution in [3.8, 4) is 5.88 Å². The van der Waals surface area contributed by atoms with Gasteiger partial charge in [0.2, 0.25) is 6.23 Å². The minimum Gasteiger partial charge on any atom is -1.00 e. The molecular formula is C37H66IN3O3S. The van der Waals surface area contributed by atoms with Crippen LogP contribution in [-0.2, 0) is 9.53 Å². The second-order valence-corrected chi connectivity index (χ2v) is 14.5. The molecule has 8 heteroatoms. The van der Waals surface area contributed by atoms with Crippen LogP contribution < -0.4 is 28.7 Å². The number of ether oxygens (including phenoxy) is 2. The Hall–Kier alpha value is -0.740. The van der Waals surface area contributed by atoms with Gasteiger partial charge in [-0.15, -0.1) is 4.37 Å². The highest BCUT2D eigenvalue weighted by atomic mass is 127. The molecule has 0 radical (unpaired) electrons. The molecule has 45 heavy (non-hydrogen) atoms. The number of rotatable bonds is 24. The number of esters is 1. The molecule has 3 rings (SSSR count). The Morgan fingerprint density at radius 3 is 2.04 bits per heavy atom. The first kappa shape index (κ1) is 40.4. The number of likely N-dealkylation sites (N-methyl/N-ethyl adjacent to an activating group) is 1. The standard InChI is InChI=1S/C37H66N3O3S.HI/c1-4-6-8-10-11-12-13-14-15-16-17-18-22-28-34(41)43-37(32-25-20-19-21-26-32)40(3)29-24-27-33(31-40)35-36(39-44-38-35)42-30-23-9-7-5-2;/h27,32,37H,4-26,28-31H2,1-3H3;1H/q+1;/p-1. The lowest BCUT2D eigenvalue weighted by Crippen LogP contribution is -3.00. The highest BCUT2D eigenvalue weighted by Crippen LogP contribution is 2.37. The SMILES string of the molecule is CCCCCCCCCCCCCCCC(=O)OC(C1CCCCC1)[N+]1(C)CCC=C(c2nsnc2OCCCCCC)C1.[I-]. The normalized spacial score (nSPS) is 19.5. The third kappa shape index (κ3) is 15.4. The zero-order valence-corrected chi connectivity index (χ0v) is 32.2. The van der Waals surface area contributed by atoms with Crippen molar-refractivity contribution >= 4 is 23.3 Å². The second-order valence-electron chi connectivity index (χ2n) is 14.0. The van der Waals surface area contributed by atoms with Crippen LogP contribution in [-0.4, -0.2) is 52.2 Å². The van der Waals surface area contributed by atoms with E-state index in [1.807, 2.05) is 0 Å². The van der Waals surface area contributed by atoms with Crippen LogP contribution in [0.4, 0.5) is 0 Å². The molecule has 1 saturated carbocycles. The van der Waals surface area contributed by atoms with E-state index in [1.54, 1.807) is 0 Å². The fourth-order valence-corrected chi connectivity index (χ4v) is 7.79. The summed E-state index contributed by atoms with van der Waals surface area (Å²) in [6.45, 7) is 7.00. The molecule has 2 unspecified atom stereocenters. The van der Waals surface area contributed by atoms with Crippen molar-refractivity contribution in [3.05, 3.63) is 11.8 Å². The van der Waals surface area contributed by atoms with Gasteiger partial charge in [-0.3, -0.25) is 9.28 Å². The highest BCUT2D eigenvalue weighted by molar-refractivity contribution is 6.99. The lowest BCUT2D eigenvalue weighted by atomic mass is 9.86. The van der Waals surface area contributed by atoms with Gasteiger partial charge in [-0.05, 0) is 25.7 Å². The summed E-state index contributed by atoms with van der Waals surface area (Å²) < 4.78 is 22.5. The molecular weight excluding hydrogens is 693 g/mol. The Morgan fingerprint density at radius 2 is 1.42 bits per heavy atom. The summed E-state index contributed by atoms with van der Waals surface area (Å²) in [4.78, 5) is 13.3. The fourth-order valence-electron chi connectivity index (χ4n) is 7.26. The predicted molar refractivity (Wildman–Crippen MR) is 185 cm³/mol. The number of hydrogen-bond acceptors (Lipinski definition) is 6. The van der Waals surface area contributed by atoms with E-state index in [4.69, 9.17) is 9.47 Å². The molecule has 1 aromatic rings. The maximum atomic E-state index is 13.3. The van der Waals surface area contributed by atoms with E-state index >= 15 is 0 Å². The number of hydrogen-bond donors (Lipinski definition) is 0. The van der Waals surface area contributed by atoms with Crippen molar-refractivity contribution in [1.82, 2.24) is 8.75 Å². The van der Waals surface area contributed by atoms with Gasteiger partial charge in [-0.25, -0.2) is 0 Å². The number of halogens is 1. The molecule has 0 N–H and O–H groups in total. The maximum absolute atomic E-state index is 13.3. The molecule has 1 aliphatic carbocycles. The predicted octanol–water partition coefficient (Wildman–Crippen LogP) is 7.67. The van der Waals surface area contributed by atoms with Crippen molar-refractivity contribution in [2.45, 2.75) is 174 Å². The topological polar surface area (TPSA) is 61.3 Å². The average Bonchev–Trinajstić information content (AvgIpc) is 3.51. The van der Waals surface area contributed by atoms with E-state index in [0.717, 1.165) is 61.8 Å². The van der Waals surface area contributed by atoms with Crippen molar-refractivity contribution in [1.29, 1.82) is 0 Å². The Bertz CT molecular complexity index is 936. The molecule has 0 aromatic carbocycles. The molecule has 0 bridgehead atoms. The van der Waals surface area contributed by atoms with Gasteiger partial charge >= 0.3 is 5.97 Å². The molecule has 1 aliphatic heterocycles. The van der Waals surface area contributed by atoms with Gasteiger partial charge in [0.15, 0.2) is 0 Å². The number of carbonyl (C=O) groups is 1. The van der Waals surface area contributed by atoms with Gasteiger partial charge in [0.1, 0.15) is 12.2 Å². The van der Waals surface area contributed by atoms with Crippen molar-refractivity contribution in [2.75, 3.05) is 26.7 Å². The zero-order chi connectivity index (χ0) is 31.3. The maximum Gasteiger partial charge on any atom is 0.310 e. The van der Waals surface area contributed by atoms with E-state index in [1.165, 1.54) is 126 Å². The summed E-state index contributed by atoms with van der Waals surface area (Å²) in [5.41, 5.74) is 2.10. The quantitative estimate of drug-likeness (QED) is 0.0469. The minimum absolute atomic E-state index is 0. The fraction of sp³-hybridized carbons (Fsp3) is 0.865. The molecule has 260 valence electrons. The van der Waals surface area contributed by atoms with Crippen molar-refractivity contribution in [2.24, 2.45) is 5.92 Å². The van der Waals surface area contributed by atoms with E-state index in [0.29, 0.717) is 24.8 Å². The number of carbonyl (C=O) groups excluding carboxylic acids is 1. The molecule has 2 atom stereocenters. The molecule has 2 heterocycles. The van der Waals surface area contributed by atoms with Crippen LogP contribution in [0.25, 0.3) is 5.57 Å². The molecule has 0 saturated heterocycles. The summed E-state index contributed by atoms with van der Waals surface area (Å²) in [5.74, 6) is 1.12. The number of quaternary nitrogens is 1. The molecule has 1 fully saturated rings. The lowest BCUT2D eigenvalue weighted by Gasteiger charge is -2.46. The number of nitrogens with zero attached hydrogens (tertiary/aromatic N) is 3. The van der Waals surface area contributed by atoms with Gasteiger partial charge < -0.3 is 33.5 Å². The van der Waals surface area contributed by atoms with Crippen LogP contribution in [0.1, 0.15) is 174 Å². The summed E-state index contributed by atoms with van der Waals surface area (Å²) in [6, 6.07) is 0. The van der Waals surface area contributed by atoms with E-state index in [9.17, 15) is 4.79 Å². The van der Waals surface area contributed by atoms with Crippen LogP contribution in [0, 0.1) is 5.92 Å². The summed E-state index contributed by atoms with van der Waals surface area (Å²) in [6.07, 6.45) is 31.7. The monoisotopic (exact) mass is 759 g/mol. The van der Waals surface area contributed by atoms with E-state index in [2.05, 4.69) is 35.7 Å². The number of aromatic nitrogens is 2. The molecule has 0 amide bonds. The Balaban J connectivity index is 0.00000705. The minimum atomic E-state index is -0.0847. The Kier molecular flexibility index (Phi) is 21.9. The summed E-state index contributed by atoms with van der Waals surface area (Å²) >= 11 is 1.24. The van der Waals surface area contributed by atoms with Gasteiger partial charge in [-0.1, -0.05) is 135 Å².